The van der Waals surface area contributed by atoms with E-state index in [0.29, 0.717) is 25.0 Å². The van der Waals surface area contributed by atoms with E-state index in [4.69, 9.17) is 19.8 Å². The SMILES string of the molecule is CCCCC(CC)CO.CCCCC(CC)COC(=O)O.O=C=O. The average molecular weight is 348 g/mol. The molecule has 0 aromatic heterocycles. The van der Waals surface area contributed by atoms with E-state index in [1.54, 1.807) is 0 Å². The number of hydrogen-bond acceptors (Lipinski definition) is 5. The molecule has 0 fully saturated rings. The molecule has 0 saturated carbocycles. The lowest BCUT2D eigenvalue weighted by Gasteiger charge is -2.12. The molecule has 0 saturated heterocycles. The second-order valence-corrected chi connectivity index (χ2v) is 5.68. The van der Waals surface area contributed by atoms with Gasteiger partial charge in [-0.25, -0.2) is 4.79 Å². The summed E-state index contributed by atoms with van der Waals surface area (Å²) in [6, 6.07) is 0. The highest BCUT2D eigenvalue weighted by atomic mass is 16.7. The van der Waals surface area contributed by atoms with Crippen LogP contribution in [0.15, 0.2) is 0 Å². The summed E-state index contributed by atoms with van der Waals surface area (Å²) in [4.78, 5) is 26.3. The van der Waals surface area contributed by atoms with E-state index in [1.807, 2.05) is 0 Å². The fraction of sp³-hybridized carbons (Fsp3) is 0.889. The lowest BCUT2D eigenvalue weighted by Crippen LogP contribution is -2.11. The Morgan fingerprint density at radius 2 is 1.38 bits per heavy atom. The van der Waals surface area contributed by atoms with Crippen LogP contribution in [0.1, 0.15) is 79.1 Å². The maximum Gasteiger partial charge on any atom is 0.505 e. The van der Waals surface area contributed by atoms with Crippen molar-refractivity contribution in [3.8, 4) is 0 Å². The first-order valence-electron chi connectivity index (χ1n) is 8.92. The molecular weight excluding hydrogens is 312 g/mol. The number of carbonyl (C=O) groups excluding carboxylic acids is 2. The lowest BCUT2D eigenvalue weighted by molar-refractivity contribution is -0.191. The molecule has 0 aliphatic rings. The molecule has 2 unspecified atom stereocenters. The molecule has 0 aliphatic carbocycles. The maximum atomic E-state index is 10.1. The van der Waals surface area contributed by atoms with Crippen LogP contribution in [0, 0.1) is 11.8 Å². The van der Waals surface area contributed by atoms with Crippen LogP contribution in [0.2, 0.25) is 0 Å². The van der Waals surface area contributed by atoms with E-state index < -0.39 is 6.16 Å². The second-order valence-electron chi connectivity index (χ2n) is 5.68. The smallest absolute Gasteiger partial charge is 0.450 e. The molecule has 2 N–H and O–H groups in total. The van der Waals surface area contributed by atoms with Gasteiger partial charge in [0.15, 0.2) is 0 Å². The third-order valence-corrected chi connectivity index (χ3v) is 3.79. The van der Waals surface area contributed by atoms with Crippen molar-refractivity contribution in [3.05, 3.63) is 0 Å². The fourth-order valence-corrected chi connectivity index (χ4v) is 2.00. The lowest BCUT2D eigenvalue weighted by atomic mass is 10.0. The highest BCUT2D eigenvalue weighted by Crippen LogP contribution is 2.12. The molecule has 6 nitrogen and oxygen atoms in total. The van der Waals surface area contributed by atoms with E-state index in [1.165, 1.54) is 19.3 Å². The normalized spacial score (nSPS) is 11.7. The number of ether oxygens (including phenoxy) is 1. The van der Waals surface area contributed by atoms with Crippen LogP contribution in [-0.2, 0) is 14.3 Å². The molecule has 0 aromatic carbocycles. The Labute approximate surface area is 146 Å². The molecule has 0 rings (SSSR count). The minimum atomic E-state index is -1.16. The van der Waals surface area contributed by atoms with E-state index in [-0.39, 0.29) is 6.15 Å². The van der Waals surface area contributed by atoms with Gasteiger partial charge in [-0.2, -0.15) is 9.59 Å². The van der Waals surface area contributed by atoms with Crippen molar-refractivity contribution < 1.29 is 29.3 Å². The standard InChI is InChI=1S/C9H18O3.C8H18O.CO2/c1-3-5-6-8(4-2)7-12-9(10)11;1-3-5-6-8(4-2)7-9;2-1-3/h8H,3-7H2,1-2H3,(H,10,11);8-9H,3-7H2,1-2H3;. The van der Waals surface area contributed by atoms with Gasteiger partial charge in [0.25, 0.3) is 0 Å². The highest BCUT2D eigenvalue weighted by molar-refractivity contribution is 5.56. The topological polar surface area (TPSA) is 101 Å². The van der Waals surface area contributed by atoms with Crippen molar-refractivity contribution in [2.75, 3.05) is 13.2 Å². The molecule has 6 heteroatoms. The van der Waals surface area contributed by atoms with Gasteiger partial charge in [0.05, 0.1) is 6.61 Å². The predicted molar refractivity (Wildman–Crippen MR) is 92.7 cm³/mol. The predicted octanol–water partition coefficient (Wildman–Crippen LogP) is 4.51. The first kappa shape index (κ1) is 27.5. The third-order valence-electron chi connectivity index (χ3n) is 3.79. The summed E-state index contributed by atoms with van der Waals surface area (Å²) in [5.74, 6) is 0.964. The Bertz CT molecular complexity index is 283. The summed E-state index contributed by atoms with van der Waals surface area (Å²) in [5, 5.41) is 17.0. The Hall–Kier alpha value is -1.39. The summed E-state index contributed by atoms with van der Waals surface area (Å²) in [7, 11) is 0. The van der Waals surface area contributed by atoms with Crippen molar-refractivity contribution in [2.45, 2.75) is 79.1 Å². The van der Waals surface area contributed by atoms with Crippen molar-refractivity contribution in [3.63, 3.8) is 0 Å². The van der Waals surface area contributed by atoms with Gasteiger partial charge in [-0.15, -0.1) is 0 Å². The minimum Gasteiger partial charge on any atom is -0.450 e. The Balaban J connectivity index is -0.000000324. The number of unbranched alkanes of at least 4 members (excludes halogenated alkanes) is 2. The summed E-state index contributed by atoms with van der Waals surface area (Å²) in [5.41, 5.74) is 0. The van der Waals surface area contributed by atoms with E-state index in [0.717, 1.165) is 32.1 Å². The van der Waals surface area contributed by atoms with E-state index in [9.17, 15) is 4.79 Å². The number of carbonyl (C=O) groups is 1. The second kappa shape index (κ2) is 23.9. The molecular formula is C18H36O6. The van der Waals surface area contributed by atoms with Crippen LogP contribution >= 0.6 is 0 Å². The summed E-state index contributed by atoms with van der Waals surface area (Å²) in [6.07, 6.45) is 8.29. The molecule has 0 spiro atoms. The van der Waals surface area contributed by atoms with Gasteiger partial charge in [0.1, 0.15) is 0 Å². The molecule has 0 aliphatic heterocycles. The first-order chi connectivity index (χ1) is 11.5. The Kier molecular flexibility index (Phi) is 27.3. The molecule has 0 radical (unpaired) electrons. The zero-order chi connectivity index (χ0) is 19.2. The maximum absolute atomic E-state index is 10.1. The van der Waals surface area contributed by atoms with Gasteiger partial charge in [-0.05, 0) is 24.7 Å². The molecule has 0 aromatic rings. The number of rotatable bonds is 11. The van der Waals surface area contributed by atoms with Gasteiger partial charge in [-0.3, -0.25) is 0 Å². The van der Waals surface area contributed by atoms with Gasteiger partial charge in [0.2, 0.25) is 0 Å². The van der Waals surface area contributed by atoms with E-state index in [2.05, 4.69) is 32.4 Å². The quantitative estimate of drug-likeness (QED) is 0.533. The molecule has 24 heavy (non-hydrogen) atoms. The number of aliphatic hydroxyl groups is 1. The number of carboxylic acid groups (broad SMARTS) is 1. The van der Waals surface area contributed by atoms with Crippen molar-refractivity contribution >= 4 is 12.3 Å². The van der Waals surface area contributed by atoms with Crippen LogP contribution in [0.3, 0.4) is 0 Å². The van der Waals surface area contributed by atoms with Crippen LogP contribution in [-0.4, -0.2) is 35.7 Å². The van der Waals surface area contributed by atoms with Gasteiger partial charge >= 0.3 is 12.3 Å². The zero-order valence-corrected chi connectivity index (χ0v) is 15.8. The monoisotopic (exact) mass is 348 g/mol. The van der Waals surface area contributed by atoms with Crippen LogP contribution in [0.5, 0.6) is 0 Å². The Morgan fingerprint density at radius 1 is 0.958 bits per heavy atom. The van der Waals surface area contributed by atoms with Crippen LogP contribution < -0.4 is 0 Å². The number of hydrogen-bond donors (Lipinski definition) is 2. The minimum absolute atomic E-state index is 0.250. The summed E-state index contributed by atoms with van der Waals surface area (Å²) < 4.78 is 4.51. The first-order valence-corrected chi connectivity index (χ1v) is 8.92. The summed E-state index contributed by atoms with van der Waals surface area (Å²) in [6.45, 7) is 9.24. The molecule has 0 bridgehead atoms. The third kappa shape index (κ3) is 25.6. The van der Waals surface area contributed by atoms with Crippen molar-refractivity contribution in [1.29, 1.82) is 0 Å². The van der Waals surface area contributed by atoms with Gasteiger partial charge < -0.3 is 14.9 Å². The molecule has 0 amide bonds. The largest absolute Gasteiger partial charge is 0.505 e. The Morgan fingerprint density at radius 3 is 1.67 bits per heavy atom. The fourth-order valence-electron chi connectivity index (χ4n) is 2.00. The zero-order valence-electron chi connectivity index (χ0n) is 15.8. The molecule has 144 valence electrons. The van der Waals surface area contributed by atoms with Gasteiger partial charge in [0, 0.05) is 6.61 Å². The summed E-state index contributed by atoms with van der Waals surface area (Å²) >= 11 is 0. The highest BCUT2D eigenvalue weighted by Gasteiger charge is 2.08. The molecule has 0 heterocycles. The number of aliphatic hydroxyl groups excluding tert-OH is 1. The van der Waals surface area contributed by atoms with Crippen molar-refractivity contribution in [1.82, 2.24) is 0 Å². The van der Waals surface area contributed by atoms with Crippen LogP contribution in [0.4, 0.5) is 4.79 Å². The van der Waals surface area contributed by atoms with Crippen molar-refractivity contribution in [2.24, 2.45) is 11.8 Å². The van der Waals surface area contributed by atoms with Gasteiger partial charge in [-0.1, -0.05) is 66.2 Å². The van der Waals surface area contributed by atoms with E-state index >= 15 is 0 Å². The molecule has 2 atom stereocenters. The average Bonchev–Trinajstić information content (AvgIpc) is 2.57. The van der Waals surface area contributed by atoms with Crippen LogP contribution in [0.25, 0.3) is 0 Å².